The number of hydrogen-bond acceptors (Lipinski definition) is 5. The summed E-state index contributed by atoms with van der Waals surface area (Å²) in [6.45, 7) is 2.70. The molecule has 25 heavy (non-hydrogen) atoms. The summed E-state index contributed by atoms with van der Waals surface area (Å²) in [7, 11) is 3.27. The first-order valence-electron chi connectivity index (χ1n) is 7.95. The van der Waals surface area contributed by atoms with Crippen molar-refractivity contribution in [2.45, 2.75) is 19.9 Å². The Hall–Kier alpha value is -2.41. The molecule has 130 valence electrons. The van der Waals surface area contributed by atoms with Crippen LogP contribution in [0.15, 0.2) is 34.9 Å². The highest BCUT2D eigenvalue weighted by molar-refractivity contribution is 9.10. The van der Waals surface area contributed by atoms with Crippen LogP contribution in [0.4, 0.5) is 5.69 Å². The number of hydrogen-bond donors (Lipinski definition) is 1. The van der Waals surface area contributed by atoms with E-state index in [0.717, 1.165) is 38.7 Å². The summed E-state index contributed by atoms with van der Waals surface area (Å²) >= 11 is 3.49. The minimum atomic E-state index is -0.455. The van der Waals surface area contributed by atoms with Gasteiger partial charge in [0.2, 0.25) is 0 Å². The molecule has 3 rings (SSSR count). The second-order valence-electron chi connectivity index (χ2n) is 5.69. The lowest BCUT2D eigenvalue weighted by atomic mass is 10.1. The molecule has 2 heterocycles. The van der Waals surface area contributed by atoms with Crippen molar-refractivity contribution in [3.05, 3.63) is 51.9 Å². The van der Waals surface area contributed by atoms with Gasteiger partial charge in [0.1, 0.15) is 0 Å². The van der Waals surface area contributed by atoms with Crippen LogP contribution in [-0.4, -0.2) is 27.8 Å². The fourth-order valence-electron chi connectivity index (χ4n) is 2.77. The molecule has 7 heteroatoms. The second-order valence-corrected chi connectivity index (χ2v) is 6.61. The number of fused-ring (bicyclic) bond motifs is 1. The Morgan fingerprint density at radius 3 is 2.88 bits per heavy atom. The van der Waals surface area contributed by atoms with E-state index in [1.807, 2.05) is 36.1 Å². The van der Waals surface area contributed by atoms with Crippen LogP contribution in [0, 0.1) is 0 Å². The number of carbonyl (C=O) groups excluding carboxylic acids is 1. The van der Waals surface area contributed by atoms with Crippen molar-refractivity contribution in [2.24, 2.45) is 7.05 Å². The number of aryl methyl sites for hydroxylation is 2. The minimum absolute atomic E-state index is 0.279. The van der Waals surface area contributed by atoms with Gasteiger partial charge in [-0.25, -0.2) is 9.78 Å². The van der Waals surface area contributed by atoms with E-state index in [9.17, 15) is 4.79 Å². The van der Waals surface area contributed by atoms with Gasteiger partial charge in [0.05, 0.1) is 18.3 Å². The fourth-order valence-corrected chi connectivity index (χ4v) is 3.13. The molecule has 0 amide bonds. The predicted octanol–water partition coefficient (Wildman–Crippen LogP) is 3.69. The molecular formula is C18H19BrN4O2. The van der Waals surface area contributed by atoms with Crippen molar-refractivity contribution >= 4 is 38.5 Å². The summed E-state index contributed by atoms with van der Waals surface area (Å²) in [5.41, 5.74) is 4.03. The van der Waals surface area contributed by atoms with Crippen LogP contribution in [0.2, 0.25) is 0 Å². The largest absolute Gasteiger partial charge is 0.464 e. The van der Waals surface area contributed by atoms with Crippen LogP contribution < -0.4 is 5.32 Å². The van der Waals surface area contributed by atoms with Gasteiger partial charge in [0, 0.05) is 40.9 Å². The molecule has 0 unspecified atom stereocenters. The molecule has 3 aromatic rings. The zero-order chi connectivity index (χ0) is 18.0. The molecule has 0 bridgehead atoms. The maximum atomic E-state index is 11.9. The molecule has 6 nitrogen and oxygen atoms in total. The summed E-state index contributed by atoms with van der Waals surface area (Å²) < 4.78 is 7.58. The summed E-state index contributed by atoms with van der Waals surface area (Å²) in [5, 5.41) is 8.81. The number of anilines is 1. The Balaban J connectivity index is 2.00. The highest BCUT2D eigenvalue weighted by Crippen LogP contribution is 2.27. The van der Waals surface area contributed by atoms with Crippen molar-refractivity contribution in [3.8, 4) is 0 Å². The van der Waals surface area contributed by atoms with Crippen molar-refractivity contribution < 1.29 is 9.53 Å². The number of benzene rings is 1. The van der Waals surface area contributed by atoms with E-state index in [1.165, 1.54) is 7.11 Å². The first-order chi connectivity index (χ1) is 12.0. The van der Waals surface area contributed by atoms with Crippen molar-refractivity contribution in [1.82, 2.24) is 14.8 Å². The van der Waals surface area contributed by atoms with Gasteiger partial charge < -0.3 is 10.1 Å². The van der Waals surface area contributed by atoms with Crippen LogP contribution in [0.3, 0.4) is 0 Å². The molecule has 0 aliphatic heterocycles. The summed E-state index contributed by atoms with van der Waals surface area (Å²) in [6, 6.07) is 7.48. The zero-order valence-electron chi connectivity index (χ0n) is 14.3. The van der Waals surface area contributed by atoms with Crippen molar-refractivity contribution in [2.75, 3.05) is 12.4 Å². The number of pyridine rings is 1. The Labute approximate surface area is 154 Å². The summed E-state index contributed by atoms with van der Waals surface area (Å²) in [5.74, 6) is -0.455. The average molecular weight is 403 g/mol. The van der Waals surface area contributed by atoms with Crippen molar-refractivity contribution in [3.63, 3.8) is 0 Å². The third-order valence-electron chi connectivity index (χ3n) is 3.96. The summed E-state index contributed by atoms with van der Waals surface area (Å²) in [6.07, 6.45) is 2.88. The van der Waals surface area contributed by atoms with Gasteiger partial charge in [-0.15, -0.1) is 0 Å². The highest BCUT2D eigenvalue weighted by atomic mass is 79.9. The first-order valence-corrected chi connectivity index (χ1v) is 8.75. The zero-order valence-corrected chi connectivity index (χ0v) is 15.9. The number of methoxy groups -OCH3 is 1. The number of rotatable bonds is 5. The van der Waals surface area contributed by atoms with E-state index in [0.29, 0.717) is 6.54 Å². The fraction of sp³-hybridized carbons (Fsp3) is 0.278. The number of nitrogens with one attached hydrogen (secondary N) is 1. The quantitative estimate of drug-likeness (QED) is 0.658. The smallest absolute Gasteiger partial charge is 0.356 e. The number of ether oxygens (including phenoxy) is 1. The van der Waals surface area contributed by atoms with E-state index < -0.39 is 5.97 Å². The predicted molar refractivity (Wildman–Crippen MR) is 101 cm³/mol. The van der Waals surface area contributed by atoms with Crippen LogP contribution in [0.5, 0.6) is 0 Å². The lowest BCUT2D eigenvalue weighted by Gasteiger charge is -2.12. The molecule has 0 atom stereocenters. The monoisotopic (exact) mass is 402 g/mol. The van der Waals surface area contributed by atoms with Gasteiger partial charge in [-0.3, -0.25) is 4.68 Å². The topological polar surface area (TPSA) is 69.0 Å². The third-order valence-corrected chi connectivity index (χ3v) is 4.45. The molecule has 1 N–H and O–H groups in total. The average Bonchev–Trinajstić information content (AvgIpc) is 2.98. The molecule has 1 aromatic carbocycles. The Kier molecular flexibility index (Phi) is 5.03. The van der Waals surface area contributed by atoms with Gasteiger partial charge in [0.15, 0.2) is 5.69 Å². The van der Waals surface area contributed by atoms with Gasteiger partial charge in [0.25, 0.3) is 0 Å². The molecule has 0 aliphatic carbocycles. The maximum absolute atomic E-state index is 11.9. The van der Waals surface area contributed by atoms with Crippen LogP contribution in [-0.2, 0) is 24.8 Å². The van der Waals surface area contributed by atoms with Crippen LogP contribution >= 0.6 is 15.9 Å². The van der Waals surface area contributed by atoms with E-state index in [2.05, 4.69) is 38.3 Å². The normalized spacial score (nSPS) is 10.9. The lowest BCUT2D eigenvalue weighted by molar-refractivity contribution is 0.0594. The molecule has 0 spiro atoms. The highest BCUT2D eigenvalue weighted by Gasteiger charge is 2.13. The van der Waals surface area contributed by atoms with Crippen molar-refractivity contribution in [1.29, 1.82) is 0 Å². The SMILES string of the molecule is CCc1nn(C)cc1CNc1cc(C(=O)OC)nc2ccc(Br)cc12. The summed E-state index contributed by atoms with van der Waals surface area (Å²) in [4.78, 5) is 16.3. The Morgan fingerprint density at radius 1 is 1.36 bits per heavy atom. The molecule has 2 aromatic heterocycles. The number of halogens is 1. The maximum Gasteiger partial charge on any atom is 0.356 e. The number of esters is 1. The second kappa shape index (κ2) is 7.23. The van der Waals surface area contributed by atoms with E-state index in [4.69, 9.17) is 4.74 Å². The number of nitrogens with zero attached hydrogens (tertiary/aromatic N) is 3. The Bertz CT molecular complexity index is 936. The standard InChI is InChI=1S/C18H19BrN4O2/c1-4-14-11(10-23(2)22-14)9-20-16-8-17(18(24)25-3)21-15-6-5-12(19)7-13(15)16/h5-8,10H,4,9H2,1-3H3,(H,20,21). The molecule has 0 aliphatic rings. The molecule has 0 saturated carbocycles. The van der Waals surface area contributed by atoms with E-state index in [1.54, 1.807) is 6.07 Å². The third kappa shape index (κ3) is 3.66. The number of carbonyl (C=O) groups is 1. The van der Waals surface area contributed by atoms with Gasteiger partial charge in [-0.2, -0.15) is 5.10 Å². The minimum Gasteiger partial charge on any atom is -0.464 e. The van der Waals surface area contributed by atoms with Gasteiger partial charge in [-0.05, 0) is 30.7 Å². The van der Waals surface area contributed by atoms with Crippen LogP contribution in [0.25, 0.3) is 10.9 Å². The molecule has 0 radical (unpaired) electrons. The van der Waals surface area contributed by atoms with Gasteiger partial charge in [-0.1, -0.05) is 22.9 Å². The molecule has 0 fully saturated rings. The molecule has 0 saturated heterocycles. The van der Waals surface area contributed by atoms with E-state index >= 15 is 0 Å². The van der Waals surface area contributed by atoms with Gasteiger partial charge >= 0.3 is 5.97 Å². The molecular weight excluding hydrogens is 384 g/mol. The lowest BCUT2D eigenvalue weighted by Crippen LogP contribution is -2.08. The Morgan fingerprint density at radius 2 is 2.16 bits per heavy atom. The van der Waals surface area contributed by atoms with E-state index in [-0.39, 0.29) is 5.69 Å². The number of aromatic nitrogens is 3. The first kappa shape index (κ1) is 17.4. The van der Waals surface area contributed by atoms with Crippen LogP contribution in [0.1, 0.15) is 28.7 Å².